The molecule has 0 saturated heterocycles. The Morgan fingerprint density at radius 2 is 1.79 bits per heavy atom. The maximum absolute atomic E-state index is 13.0. The van der Waals surface area contributed by atoms with Crippen LogP contribution in [0.2, 0.25) is 0 Å². The molecule has 6 heteroatoms. The molecule has 5 nitrogen and oxygen atoms in total. The highest BCUT2D eigenvalue weighted by Gasteiger charge is 2.33. The van der Waals surface area contributed by atoms with Crippen molar-refractivity contribution in [1.82, 2.24) is 15.5 Å². The third-order valence-electron chi connectivity index (χ3n) is 5.09. The molecule has 1 heterocycles. The molecule has 0 aromatic heterocycles. The lowest BCUT2D eigenvalue weighted by molar-refractivity contribution is -0.141. The topological polar surface area (TPSA) is 61.4 Å². The van der Waals surface area contributed by atoms with Gasteiger partial charge in [0.1, 0.15) is 11.9 Å². The average Bonchev–Trinajstić information content (AvgIpc) is 2.72. The van der Waals surface area contributed by atoms with E-state index in [2.05, 4.69) is 10.6 Å². The summed E-state index contributed by atoms with van der Waals surface area (Å²) < 4.78 is 13.0. The summed E-state index contributed by atoms with van der Waals surface area (Å²) in [6, 6.07) is 13.7. The molecule has 2 aromatic carbocycles. The van der Waals surface area contributed by atoms with Crippen LogP contribution in [0.25, 0.3) is 0 Å². The predicted molar refractivity (Wildman–Crippen MR) is 106 cm³/mol. The molecule has 1 atom stereocenters. The number of rotatable bonds is 7. The van der Waals surface area contributed by atoms with E-state index >= 15 is 0 Å². The fraction of sp³-hybridized carbons (Fsp3) is 0.364. The quantitative estimate of drug-likeness (QED) is 0.769. The molecule has 2 aromatic rings. The summed E-state index contributed by atoms with van der Waals surface area (Å²) in [4.78, 5) is 27.2. The van der Waals surface area contributed by atoms with Gasteiger partial charge >= 0.3 is 0 Å². The van der Waals surface area contributed by atoms with E-state index in [4.69, 9.17) is 0 Å². The van der Waals surface area contributed by atoms with Crippen molar-refractivity contribution in [3.63, 3.8) is 0 Å². The van der Waals surface area contributed by atoms with Crippen molar-refractivity contribution in [2.45, 2.75) is 31.8 Å². The Balaban J connectivity index is 1.66. The van der Waals surface area contributed by atoms with Gasteiger partial charge in [0, 0.05) is 32.5 Å². The molecule has 0 fully saturated rings. The number of carbonyl (C=O) groups excluding carboxylic acids is 2. The van der Waals surface area contributed by atoms with Crippen LogP contribution in [0.5, 0.6) is 0 Å². The van der Waals surface area contributed by atoms with E-state index in [1.54, 1.807) is 24.1 Å². The highest BCUT2D eigenvalue weighted by molar-refractivity contribution is 5.88. The number of nitrogens with one attached hydrogen (secondary N) is 2. The van der Waals surface area contributed by atoms with Gasteiger partial charge < -0.3 is 15.5 Å². The zero-order chi connectivity index (χ0) is 19.9. The fourth-order valence-electron chi connectivity index (χ4n) is 3.49. The third kappa shape index (κ3) is 4.95. The number of hydrogen-bond donors (Lipinski definition) is 2. The number of amides is 2. The Bertz CT molecular complexity index is 823. The Hall–Kier alpha value is -2.73. The van der Waals surface area contributed by atoms with Gasteiger partial charge in [0.15, 0.2) is 0 Å². The standard InChI is InChI=1S/C22H26FN3O2/c1-24-12-11-21(27)26-15-18-5-3-2-4-17(18)14-20(26)22(28)25-13-10-16-6-8-19(23)9-7-16/h2-9,20,24H,10-15H2,1H3,(H,25,28). The molecule has 0 radical (unpaired) electrons. The van der Waals surface area contributed by atoms with Crippen LogP contribution in [0.15, 0.2) is 48.5 Å². The van der Waals surface area contributed by atoms with Crippen molar-refractivity contribution < 1.29 is 14.0 Å². The monoisotopic (exact) mass is 383 g/mol. The minimum atomic E-state index is -0.507. The van der Waals surface area contributed by atoms with Crippen LogP contribution in [0.1, 0.15) is 23.1 Å². The predicted octanol–water partition coefficient (Wildman–Crippen LogP) is 2.05. The molecule has 0 spiro atoms. The summed E-state index contributed by atoms with van der Waals surface area (Å²) in [7, 11) is 1.80. The molecule has 0 bridgehead atoms. The molecule has 3 rings (SSSR count). The van der Waals surface area contributed by atoms with Crippen molar-refractivity contribution in [2.24, 2.45) is 0 Å². The molecule has 28 heavy (non-hydrogen) atoms. The largest absolute Gasteiger partial charge is 0.354 e. The highest BCUT2D eigenvalue weighted by Crippen LogP contribution is 2.24. The SMILES string of the molecule is CNCCC(=O)N1Cc2ccccc2CC1C(=O)NCCc1ccc(F)cc1. The lowest BCUT2D eigenvalue weighted by Gasteiger charge is -2.36. The van der Waals surface area contributed by atoms with Crippen LogP contribution >= 0.6 is 0 Å². The molecule has 1 aliphatic heterocycles. The Kier molecular flexibility index (Phi) is 6.76. The molecule has 1 unspecified atom stereocenters. The van der Waals surface area contributed by atoms with Crippen LogP contribution in [0.3, 0.4) is 0 Å². The van der Waals surface area contributed by atoms with E-state index in [-0.39, 0.29) is 17.6 Å². The minimum Gasteiger partial charge on any atom is -0.354 e. The molecular formula is C22H26FN3O2. The first-order valence-electron chi connectivity index (χ1n) is 9.61. The zero-order valence-corrected chi connectivity index (χ0v) is 16.1. The van der Waals surface area contributed by atoms with Crippen molar-refractivity contribution >= 4 is 11.8 Å². The number of fused-ring (bicyclic) bond motifs is 1. The van der Waals surface area contributed by atoms with Gasteiger partial charge in [0.2, 0.25) is 11.8 Å². The first-order chi connectivity index (χ1) is 13.6. The number of halogens is 1. The van der Waals surface area contributed by atoms with Gasteiger partial charge in [-0.05, 0) is 42.3 Å². The second kappa shape index (κ2) is 9.46. The smallest absolute Gasteiger partial charge is 0.243 e. The summed E-state index contributed by atoms with van der Waals surface area (Å²) >= 11 is 0. The van der Waals surface area contributed by atoms with Gasteiger partial charge in [0.05, 0.1) is 0 Å². The molecule has 0 aliphatic carbocycles. The van der Waals surface area contributed by atoms with Crippen LogP contribution in [0, 0.1) is 5.82 Å². The van der Waals surface area contributed by atoms with Crippen molar-refractivity contribution in [3.8, 4) is 0 Å². The molecule has 148 valence electrons. The van der Waals surface area contributed by atoms with Crippen molar-refractivity contribution in [1.29, 1.82) is 0 Å². The second-order valence-corrected chi connectivity index (χ2v) is 7.03. The normalized spacial score (nSPS) is 15.8. The van der Waals surface area contributed by atoms with Gasteiger partial charge in [-0.25, -0.2) is 4.39 Å². The van der Waals surface area contributed by atoms with Gasteiger partial charge in [-0.15, -0.1) is 0 Å². The Labute approximate surface area is 164 Å². The minimum absolute atomic E-state index is 0.0254. The van der Waals surface area contributed by atoms with Crippen molar-refractivity contribution in [3.05, 3.63) is 71.0 Å². The van der Waals surface area contributed by atoms with Gasteiger partial charge in [-0.1, -0.05) is 36.4 Å². The maximum atomic E-state index is 13.0. The first-order valence-corrected chi connectivity index (χ1v) is 9.61. The first kappa shape index (κ1) is 20.0. The summed E-state index contributed by atoms with van der Waals surface area (Å²) in [6.45, 7) is 1.48. The van der Waals surface area contributed by atoms with E-state index in [0.29, 0.717) is 38.9 Å². The number of carbonyl (C=O) groups is 2. The summed E-state index contributed by atoms with van der Waals surface area (Å²) in [5.41, 5.74) is 3.16. The number of hydrogen-bond acceptors (Lipinski definition) is 3. The zero-order valence-electron chi connectivity index (χ0n) is 16.1. The van der Waals surface area contributed by atoms with E-state index in [0.717, 1.165) is 16.7 Å². The molecule has 2 amide bonds. The number of benzene rings is 2. The summed E-state index contributed by atoms with van der Waals surface area (Å²) in [5, 5.41) is 5.93. The highest BCUT2D eigenvalue weighted by atomic mass is 19.1. The third-order valence-corrected chi connectivity index (χ3v) is 5.09. The molecule has 2 N–H and O–H groups in total. The van der Waals surface area contributed by atoms with E-state index in [1.807, 2.05) is 24.3 Å². The lowest BCUT2D eigenvalue weighted by atomic mass is 9.93. The van der Waals surface area contributed by atoms with Crippen LogP contribution in [-0.2, 0) is 29.0 Å². The van der Waals surface area contributed by atoms with E-state index in [9.17, 15) is 14.0 Å². The molecular weight excluding hydrogens is 357 g/mol. The average molecular weight is 383 g/mol. The number of nitrogens with zero attached hydrogens (tertiary/aromatic N) is 1. The van der Waals surface area contributed by atoms with Crippen molar-refractivity contribution in [2.75, 3.05) is 20.1 Å². The fourth-order valence-corrected chi connectivity index (χ4v) is 3.49. The van der Waals surface area contributed by atoms with Gasteiger partial charge in [-0.2, -0.15) is 0 Å². The molecule has 1 aliphatic rings. The summed E-state index contributed by atoms with van der Waals surface area (Å²) in [5.74, 6) is -0.443. The van der Waals surface area contributed by atoms with Crippen LogP contribution < -0.4 is 10.6 Å². The van der Waals surface area contributed by atoms with E-state index < -0.39 is 6.04 Å². The van der Waals surface area contributed by atoms with Gasteiger partial charge in [0.25, 0.3) is 0 Å². The van der Waals surface area contributed by atoms with Crippen LogP contribution in [0.4, 0.5) is 4.39 Å². The maximum Gasteiger partial charge on any atom is 0.243 e. The van der Waals surface area contributed by atoms with Crippen LogP contribution in [-0.4, -0.2) is 42.9 Å². The lowest BCUT2D eigenvalue weighted by Crippen LogP contribution is -2.53. The van der Waals surface area contributed by atoms with E-state index in [1.165, 1.54) is 12.1 Å². The second-order valence-electron chi connectivity index (χ2n) is 7.03. The van der Waals surface area contributed by atoms with Gasteiger partial charge in [-0.3, -0.25) is 9.59 Å². The Morgan fingerprint density at radius 1 is 1.07 bits per heavy atom. The summed E-state index contributed by atoms with van der Waals surface area (Å²) in [6.07, 6.45) is 1.49. The molecule has 0 saturated carbocycles. The Morgan fingerprint density at radius 3 is 2.50 bits per heavy atom.